The molecule has 15 heavy (non-hydrogen) atoms. The molecule has 2 rings (SSSR count). The first-order valence-corrected chi connectivity index (χ1v) is 5.60. The van der Waals surface area contributed by atoms with Gasteiger partial charge in [0.05, 0.1) is 0 Å². The van der Waals surface area contributed by atoms with Crippen molar-refractivity contribution >= 4 is 22.7 Å². The fourth-order valence-electron chi connectivity index (χ4n) is 0.827. The standard InChI is InChI=1S/C6H4NO6S2/c8-14-10-5-3-1-2-4-6(5)11-15(9)13-7-12-14/h1-4H/q-1. The second kappa shape index (κ2) is 4.68. The lowest BCUT2D eigenvalue weighted by molar-refractivity contribution is 0.238. The highest BCUT2D eigenvalue weighted by Gasteiger charge is 2.12. The van der Waals surface area contributed by atoms with Crippen molar-refractivity contribution in [3.63, 3.8) is 0 Å². The molecule has 0 bridgehead atoms. The Hall–Kier alpha value is -1.00. The van der Waals surface area contributed by atoms with E-state index in [-0.39, 0.29) is 11.5 Å². The fraction of sp³-hybridized carbons (Fsp3) is 0. The quantitative estimate of drug-likeness (QED) is 0.678. The minimum Gasteiger partial charge on any atom is -0.377 e. The Morgan fingerprint density at radius 1 is 0.933 bits per heavy atom. The third-order valence-electron chi connectivity index (χ3n) is 1.35. The van der Waals surface area contributed by atoms with E-state index < -0.39 is 22.7 Å². The SMILES string of the molecule is O=S1O[N-]OS(=O)Oc2ccccc2O1. The smallest absolute Gasteiger partial charge is 0.344 e. The molecule has 9 heteroatoms. The van der Waals surface area contributed by atoms with Gasteiger partial charge in [-0.25, -0.2) is 0 Å². The Balaban J connectivity index is 2.32. The molecule has 82 valence electrons. The molecule has 0 radical (unpaired) electrons. The second-order valence-electron chi connectivity index (χ2n) is 2.25. The van der Waals surface area contributed by atoms with Crippen molar-refractivity contribution in [1.82, 2.24) is 0 Å². The Labute approximate surface area is 89.9 Å². The largest absolute Gasteiger partial charge is 0.377 e. The molecule has 1 heterocycles. The van der Waals surface area contributed by atoms with Crippen LogP contribution >= 0.6 is 0 Å². The monoisotopic (exact) mass is 250 g/mol. The maximum absolute atomic E-state index is 11.0. The van der Waals surface area contributed by atoms with Gasteiger partial charge in [-0.2, -0.15) is 8.42 Å². The van der Waals surface area contributed by atoms with E-state index in [1.165, 1.54) is 12.1 Å². The third kappa shape index (κ3) is 2.73. The highest BCUT2D eigenvalue weighted by Crippen LogP contribution is 2.29. The van der Waals surface area contributed by atoms with Gasteiger partial charge in [0.25, 0.3) is 0 Å². The van der Waals surface area contributed by atoms with Gasteiger partial charge < -0.3 is 22.6 Å². The van der Waals surface area contributed by atoms with E-state index in [2.05, 4.69) is 14.2 Å². The molecule has 1 aliphatic heterocycles. The zero-order valence-electron chi connectivity index (χ0n) is 7.02. The molecule has 0 spiro atoms. The molecule has 0 amide bonds. The van der Waals surface area contributed by atoms with Gasteiger partial charge in [-0.15, -0.1) is 0 Å². The first-order chi connectivity index (χ1) is 7.25. The summed E-state index contributed by atoms with van der Waals surface area (Å²) in [5.41, 5.74) is 2.79. The predicted molar refractivity (Wildman–Crippen MR) is 49.5 cm³/mol. The van der Waals surface area contributed by atoms with Gasteiger partial charge in [-0.3, -0.25) is 0 Å². The molecule has 0 fully saturated rings. The molecule has 7 nitrogen and oxygen atoms in total. The maximum atomic E-state index is 11.0. The number of hydrogen-bond donors (Lipinski definition) is 0. The Morgan fingerprint density at radius 2 is 1.40 bits per heavy atom. The first kappa shape index (κ1) is 10.5. The van der Waals surface area contributed by atoms with Crippen molar-refractivity contribution in [3.05, 3.63) is 29.9 Å². The molecule has 1 aromatic rings. The summed E-state index contributed by atoms with van der Waals surface area (Å²) >= 11 is -4.32. The maximum Gasteiger partial charge on any atom is 0.344 e. The lowest BCUT2D eigenvalue weighted by Gasteiger charge is -2.13. The van der Waals surface area contributed by atoms with Gasteiger partial charge in [-0.1, -0.05) is 12.1 Å². The van der Waals surface area contributed by atoms with Gasteiger partial charge in [0.15, 0.2) is 11.5 Å². The van der Waals surface area contributed by atoms with Crippen LogP contribution in [0.3, 0.4) is 0 Å². The Bertz CT molecular complexity index is 373. The van der Waals surface area contributed by atoms with Crippen molar-refractivity contribution in [1.29, 1.82) is 0 Å². The van der Waals surface area contributed by atoms with Gasteiger partial charge in [0.2, 0.25) is 0 Å². The van der Waals surface area contributed by atoms with E-state index in [4.69, 9.17) is 8.37 Å². The highest BCUT2D eigenvalue weighted by atomic mass is 32.2. The summed E-state index contributed by atoms with van der Waals surface area (Å²) in [6.07, 6.45) is 0. The van der Waals surface area contributed by atoms with E-state index in [0.717, 1.165) is 0 Å². The van der Waals surface area contributed by atoms with E-state index in [1.54, 1.807) is 12.1 Å². The summed E-state index contributed by atoms with van der Waals surface area (Å²) in [5.74, 6) is 0.231. The second-order valence-corrected chi connectivity index (χ2v) is 3.69. The van der Waals surface area contributed by atoms with Crippen LogP contribution in [0.15, 0.2) is 24.3 Å². The minimum absolute atomic E-state index is 0.116. The summed E-state index contributed by atoms with van der Waals surface area (Å²) in [6.45, 7) is 0. The van der Waals surface area contributed by atoms with Crippen LogP contribution in [0, 0.1) is 0 Å². The number of rotatable bonds is 0. The topological polar surface area (TPSA) is 85.2 Å². The van der Waals surface area contributed by atoms with Crippen molar-refractivity contribution in [2.75, 3.05) is 0 Å². The van der Waals surface area contributed by atoms with Crippen LogP contribution in [0.5, 0.6) is 11.5 Å². The van der Waals surface area contributed by atoms with Crippen LogP contribution in [0.1, 0.15) is 0 Å². The minimum atomic E-state index is -2.16. The summed E-state index contributed by atoms with van der Waals surface area (Å²) in [5, 5.41) is 0. The number of hydrogen-bond acceptors (Lipinski definition) is 6. The molecule has 2 atom stereocenters. The lowest BCUT2D eigenvalue weighted by atomic mass is 10.3. The van der Waals surface area contributed by atoms with Crippen LogP contribution in [0.25, 0.3) is 5.64 Å². The molecular weight excluding hydrogens is 246 g/mol. The predicted octanol–water partition coefficient (Wildman–Crippen LogP) is 0.852. The van der Waals surface area contributed by atoms with Crippen LogP contribution in [-0.2, 0) is 31.3 Å². The molecule has 0 aliphatic carbocycles. The summed E-state index contributed by atoms with van der Waals surface area (Å²) in [4.78, 5) is 0. The molecule has 1 aliphatic rings. The van der Waals surface area contributed by atoms with E-state index in [0.29, 0.717) is 0 Å². The van der Waals surface area contributed by atoms with Crippen molar-refractivity contribution in [3.8, 4) is 11.5 Å². The number of para-hydroxylation sites is 2. The normalized spacial score (nSPS) is 26.1. The van der Waals surface area contributed by atoms with E-state index >= 15 is 0 Å². The molecular formula is C6H4NO6S2-. The zero-order valence-corrected chi connectivity index (χ0v) is 8.66. The van der Waals surface area contributed by atoms with E-state index in [9.17, 15) is 8.42 Å². The van der Waals surface area contributed by atoms with Crippen LogP contribution in [0.2, 0.25) is 0 Å². The molecule has 1 aromatic carbocycles. The van der Waals surface area contributed by atoms with Gasteiger partial charge in [0, 0.05) is 0 Å². The lowest BCUT2D eigenvalue weighted by Crippen LogP contribution is -2.01. The average Bonchev–Trinajstić information content (AvgIpc) is 2.26. The van der Waals surface area contributed by atoms with Gasteiger partial charge >= 0.3 is 22.7 Å². The number of fused-ring (bicyclic) bond motifs is 1. The average molecular weight is 250 g/mol. The fourth-order valence-corrected chi connectivity index (χ4v) is 1.66. The first-order valence-electron chi connectivity index (χ1n) is 3.60. The highest BCUT2D eigenvalue weighted by molar-refractivity contribution is 7.76. The summed E-state index contributed by atoms with van der Waals surface area (Å²) < 4.78 is 39.9. The molecule has 2 unspecified atom stereocenters. The number of benzene rings is 1. The van der Waals surface area contributed by atoms with Crippen molar-refractivity contribution in [2.24, 2.45) is 0 Å². The van der Waals surface area contributed by atoms with Crippen LogP contribution in [-0.4, -0.2) is 8.42 Å². The Morgan fingerprint density at radius 3 is 1.87 bits per heavy atom. The number of nitrogens with zero attached hydrogens (tertiary/aromatic N) is 1. The summed E-state index contributed by atoms with van der Waals surface area (Å²) in [6, 6.07) is 6.19. The molecule has 0 N–H and O–H groups in total. The van der Waals surface area contributed by atoms with Crippen molar-refractivity contribution in [2.45, 2.75) is 0 Å². The Kier molecular flexibility index (Phi) is 3.28. The van der Waals surface area contributed by atoms with Crippen LogP contribution in [0.4, 0.5) is 0 Å². The molecule has 0 aromatic heterocycles. The third-order valence-corrected chi connectivity index (χ3v) is 2.34. The van der Waals surface area contributed by atoms with Gasteiger partial charge in [0.1, 0.15) is 0 Å². The van der Waals surface area contributed by atoms with E-state index in [1.807, 2.05) is 0 Å². The molecule has 0 saturated heterocycles. The molecule has 0 saturated carbocycles. The summed E-state index contributed by atoms with van der Waals surface area (Å²) in [7, 11) is 0. The zero-order chi connectivity index (χ0) is 10.7. The van der Waals surface area contributed by atoms with Crippen molar-refractivity contribution < 1.29 is 25.4 Å². The van der Waals surface area contributed by atoms with Crippen LogP contribution < -0.4 is 8.37 Å². The van der Waals surface area contributed by atoms with Gasteiger partial charge in [-0.05, 0) is 12.1 Å².